The number of anilines is 1. The van der Waals surface area contributed by atoms with Gasteiger partial charge < -0.3 is 20.3 Å². The van der Waals surface area contributed by atoms with Gasteiger partial charge in [0.05, 0.1) is 6.10 Å². The topological polar surface area (TPSA) is 103 Å². The van der Waals surface area contributed by atoms with E-state index in [-0.39, 0.29) is 12.0 Å². The second-order valence-electron chi connectivity index (χ2n) is 5.27. The zero-order valence-electron chi connectivity index (χ0n) is 12.3. The maximum absolute atomic E-state index is 12.2. The summed E-state index contributed by atoms with van der Waals surface area (Å²) in [4.78, 5) is 16.4. The SMILES string of the molecule is Cc1nc(-c2cccc(NC(=O)[C@@H]3CC[C@H](CN)O3)c2)no1. The number of hydrogen-bond donors (Lipinski definition) is 2. The van der Waals surface area contributed by atoms with Gasteiger partial charge in [0.2, 0.25) is 11.7 Å². The Hall–Kier alpha value is -2.25. The Kier molecular flexibility index (Phi) is 4.17. The molecule has 7 heteroatoms. The molecule has 22 heavy (non-hydrogen) atoms. The minimum atomic E-state index is -0.440. The van der Waals surface area contributed by atoms with Crippen molar-refractivity contribution < 1.29 is 14.1 Å². The Morgan fingerprint density at radius 2 is 2.32 bits per heavy atom. The molecule has 0 saturated carbocycles. The lowest BCUT2D eigenvalue weighted by Crippen LogP contribution is -2.29. The number of rotatable bonds is 4. The van der Waals surface area contributed by atoms with E-state index < -0.39 is 6.10 Å². The smallest absolute Gasteiger partial charge is 0.253 e. The van der Waals surface area contributed by atoms with Crippen molar-refractivity contribution in [1.29, 1.82) is 0 Å². The normalized spacial score (nSPS) is 21.0. The van der Waals surface area contributed by atoms with E-state index in [1.807, 2.05) is 18.2 Å². The zero-order chi connectivity index (χ0) is 15.5. The summed E-state index contributed by atoms with van der Waals surface area (Å²) in [7, 11) is 0. The van der Waals surface area contributed by atoms with Crippen LogP contribution in [0.1, 0.15) is 18.7 Å². The molecule has 3 N–H and O–H groups in total. The van der Waals surface area contributed by atoms with Crippen LogP contribution >= 0.6 is 0 Å². The highest BCUT2D eigenvalue weighted by molar-refractivity contribution is 5.94. The van der Waals surface area contributed by atoms with Crippen molar-refractivity contribution in [2.75, 3.05) is 11.9 Å². The highest BCUT2D eigenvalue weighted by Gasteiger charge is 2.29. The van der Waals surface area contributed by atoms with Crippen molar-refractivity contribution in [2.24, 2.45) is 5.73 Å². The number of carbonyl (C=O) groups excluding carboxylic acids is 1. The predicted octanol–water partition coefficient (Wildman–Crippen LogP) is 1.49. The van der Waals surface area contributed by atoms with E-state index in [0.29, 0.717) is 30.4 Å². The van der Waals surface area contributed by atoms with Gasteiger partial charge in [-0.05, 0) is 25.0 Å². The minimum absolute atomic E-state index is 0.0237. The third kappa shape index (κ3) is 3.15. The van der Waals surface area contributed by atoms with Crippen molar-refractivity contribution in [2.45, 2.75) is 32.0 Å². The second kappa shape index (κ2) is 6.25. The lowest BCUT2D eigenvalue weighted by molar-refractivity contribution is -0.126. The van der Waals surface area contributed by atoms with E-state index in [2.05, 4.69) is 15.5 Å². The molecule has 2 heterocycles. The van der Waals surface area contributed by atoms with Crippen LogP contribution in [0, 0.1) is 6.92 Å². The van der Waals surface area contributed by atoms with Crippen LogP contribution in [0.25, 0.3) is 11.4 Å². The molecule has 2 atom stereocenters. The summed E-state index contributed by atoms with van der Waals surface area (Å²) in [6.45, 7) is 2.17. The molecule has 1 aromatic heterocycles. The number of aromatic nitrogens is 2. The van der Waals surface area contributed by atoms with Gasteiger partial charge in [0.15, 0.2) is 0 Å². The fourth-order valence-corrected chi connectivity index (χ4v) is 2.45. The van der Waals surface area contributed by atoms with Gasteiger partial charge in [-0.2, -0.15) is 4.98 Å². The zero-order valence-corrected chi connectivity index (χ0v) is 12.3. The molecule has 0 spiro atoms. The Morgan fingerprint density at radius 3 is 3.00 bits per heavy atom. The number of nitrogens with zero attached hydrogens (tertiary/aromatic N) is 2. The first-order chi connectivity index (χ1) is 10.7. The van der Waals surface area contributed by atoms with Gasteiger partial charge in [-0.1, -0.05) is 17.3 Å². The average molecular weight is 302 g/mol. The van der Waals surface area contributed by atoms with Gasteiger partial charge in [0.25, 0.3) is 5.91 Å². The number of ether oxygens (including phenoxy) is 1. The fourth-order valence-electron chi connectivity index (χ4n) is 2.45. The van der Waals surface area contributed by atoms with Gasteiger partial charge in [-0.15, -0.1) is 0 Å². The van der Waals surface area contributed by atoms with Gasteiger partial charge in [0.1, 0.15) is 6.10 Å². The molecule has 0 aliphatic carbocycles. The fraction of sp³-hybridized carbons (Fsp3) is 0.400. The van der Waals surface area contributed by atoms with Crippen LogP contribution in [-0.4, -0.2) is 34.8 Å². The molecular weight excluding hydrogens is 284 g/mol. The lowest BCUT2D eigenvalue weighted by Gasteiger charge is -2.13. The molecule has 1 saturated heterocycles. The number of hydrogen-bond acceptors (Lipinski definition) is 6. The first-order valence-electron chi connectivity index (χ1n) is 7.23. The largest absolute Gasteiger partial charge is 0.364 e. The molecule has 0 unspecified atom stereocenters. The summed E-state index contributed by atoms with van der Waals surface area (Å²) < 4.78 is 10.6. The third-order valence-electron chi connectivity index (χ3n) is 3.58. The van der Waals surface area contributed by atoms with E-state index in [9.17, 15) is 4.79 Å². The Labute approximate surface area is 127 Å². The number of nitrogens with one attached hydrogen (secondary N) is 1. The van der Waals surface area contributed by atoms with Gasteiger partial charge >= 0.3 is 0 Å². The van der Waals surface area contributed by atoms with Crippen molar-refractivity contribution in [1.82, 2.24) is 10.1 Å². The standard InChI is InChI=1S/C15H18N4O3/c1-9-17-14(19-22-9)10-3-2-4-11(7-10)18-15(20)13-6-5-12(8-16)21-13/h2-4,7,12-13H,5-6,8,16H2,1H3,(H,18,20)/t12-,13+/m1/s1. The Balaban J connectivity index is 1.69. The monoisotopic (exact) mass is 302 g/mol. The molecule has 0 radical (unpaired) electrons. The van der Waals surface area contributed by atoms with Gasteiger partial charge in [-0.25, -0.2) is 0 Å². The summed E-state index contributed by atoms with van der Waals surface area (Å²) in [6, 6.07) is 7.30. The minimum Gasteiger partial charge on any atom is -0.364 e. The lowest BCUT2D eigenvalue weighted by atomic mass is 10.1. The number of carbonyl (C=O) groups is 1. The number of aryl methyl sites for hydroxylation is 1. The van der Waals surface area contributed by atoms with E-state index >= 15 is 0 Å². The average Bonchev–Trinajstić information content (AvgIpc) is 3.16. The van der Waals surface area contributed by atoms with Crippen LogP contribution in [0.3, 0.4) is 0 Å². The Bertz CT molecular complexity index is 670. The maximum Gasteiger partial charge on any atom is 0.253 e. The molecule has 1 amide bonds. The van der Waals surface area contributed by atoms with Gasteiger partial charge in [-0.3, -0.25) is 4.79 Å². The number of nitrogens with two attached hydrogens (primary N) is 1. The van der Waals surface area contributed by atoms with E-state index in [4.69, 9.17) is 15.0 Å². The van der Waals surface area contributed by atoms with Crippen molar-refractivity contribution >= 4 is 11.6 Å². The summed E-state index contributed by atoms with van der Waals surface area (Å²) in [5.41, 5.74) is 7.01. The maximum atomic E-state index is 12.2. The van der Waals surface area contributed by atoms with Crippen molar-refractivity contribution in [3.05, 3.63) is 30.2 Å². The summed E-state index contributed by atoms with van der Waals surface area (Å²) in [5.74, 6) is 0.836. The molecular formula is C15H18N4O3. The first-order valence-corrected chi connectivity index (χ1v) is 7.23. The molecule has 116 valence electrons. The van der Waals surface area contributed by atoms with Crippen LogP contribution in [0.15, 0.2) is 28.8 Å². The molecule has 2 aromatic rings. The summed E-state index contributed by atoms with van der Waals surface area (Å²) in [6.07, 6.45) is 1.04. The summed E-state index contributed by atoms with van der Waals surface area (Å²) >= 11 is 0. The Morgan fingerprint density at radius 1 is 1.45 bits per heavy atom. The third-order valence-corrected chi connectivity index (χ3v) is 3.58. The van der Waals surface area contributed by atoms with Crippen LogP contribution < -0.4 is 11.1 Å². The molecule has 1 aromatic carbocycles. The molecule has 3 rings (SSSR count). The quantitative estimate of drug-likeness (QED) is 0.887. The summed E-state index contributed by atoms with van der Waals surface area (Å²) in [5, 5.41) is 6.72. The number of benzene rings is 1. The molecule has 7 nitrogen and oxygen atoms in total. The van der Waals surface area contributed by atoms with E-state index in [1.165, 1.54) is 0 Å². The van der Waals surface area contributed by atoms with Crippen molar-refractivity contribution in [3.8, 4) is 11.4 Å². The van der Waals surface area contributed by atoms with Crippen molar-refractivity contribution in [3.63, 3.8) is 0 Å². The predicted molar refractivity (Wildman–Crippen MR) is 80.1 cm³/mol. The second-order valence-corrected chi connectivity index (χ2v) is 5.27. The van der Waals surface area contributed by atoms with E-state index in [1.54, 1.807) is 13.0 Å². The molecule has 1 aliphatic rings. The first kappa shape index (κ1) is 14.7. The van der Waals surface area contributed by atoms with Crippen LogP contribution in [-0.2, 0) is 9.53 Å². The van der Waals surface area contributed by atoms with Crippen LogP contribution in [0.4, 0.5) is 5.69 Å². The number of amides is 1. The molecule has 1 fully saturated rings. The molecule has 0 bridgehead atoms. The molecule has 1 aliphatic heterocycles. The van der Waals surface area contributed by atoms with Gasteiger partial charge in [0, 0.05) is 24.7 Å². The highest BCUT2D eigenvalue weighted by Crippen LogP contribution is 2.23. The highest BCUT2D eigenvalue weighted by atomic mass is 16.5. The van der Waals surface area contributed by atoms with Crippen LogP contribution in [0.2, 0.25) is 0 Å². The van der Waals surface area contributed by atoms with Crippen LogP contribution in [0.5, 0.6) is 0 Å². The van der Waals surface area contributed by atoms with E-state index in [0.717, 1.165) is 12.0 Å².